The lowest BCUT2D eigenvalue weighted by molar-refractivity contribution is -0.0980. The summed E-state index contributed by atoms with van der Waals surface area (Å²) in [5.74, 6) is -2.07. The molecule has 11 heteroatoms. The zero-order valence-electron chi connectivity index (χ0n) is 15.3. The van der Waals surface area contributed by atoms with Crippen LogP contribution < -0.4 is 5.73 Å². The molecule has 1 amide bonds. The van der Waals surface area contributed by atoms with Crippen LogP contribution in [0, 0.1) is 5.92 Å². The van der Waals surface area contributed by atoms with Crippen LogP contribution in [0.3, 0.4) is 0 Å². The van der Waals surface area contributed by atoms with Gasteiger partial charge in [-0.1, -0.05) is 37.2 Å². The molecule has 28 heavy (non-hydrogen) atoms. The highest BCUT2D eigenvalue weighted by Gasteiger charge is 2.54. The van der Waals surface area contributed by atoms with Gasteiger partial charge in [-0.2, -0.15) is 0 Å². The molecule has 0 radical (unpaired) electrons. The first-order chi connectivity index (χ1) is 13.4. The van der Waals surface area contributed by atoms with Crippen LogP contribution in [0.4, 0.5) is 0 Å². The summed E-state index contributed by atoms with van der Waals surface area (Å²) in [5, 5.41) is 7.81. The maximum atomic E-state index is 12.6. The Bertz CT molecular complexity index is 925. The van der Waals surface area contributed by atoms with Crippen LogP contribution in [0.2, 0.25) is 0 Å². The summed E-state index contributed by atoms with van der Waals surface area (Å²) >= 11 is 0. The van der Waals surface area contributed by atoms with Crippen LogP contribution in [0.25, 0.3) is 10.4 Å². The predicted molar refractivity (Wildman–Crippen MR) is 95.6 cm³/mol. The number of ether oxygens (including phenoxy) is 2. The van der Waals surface area contributed by atoms with Crippen molar-refractivity contribution in [1.82, 2.24) is 14.8 Å². The number of carbonyl (C=O) groups is 2. The van der Waals surface area contributed by atoms with Crippen molar-refractivity contribution in [1.29, 1.82) is 0 Å². The molecule has 11 nitrogen and oxygen atoms in total. The normalized spacial score (nSPS) is 26.4. The van der Waals surface area contributed by atoms with Crippen LogP contribution in [-0.2, 0) is 9.47 Å². The van der Waals surface area contributed by atoms with Gasteiger partial charge >= 0.3 is 5.97 Å². The maximum absolute atomic E-state index is 12.6. The van der Waals surface area contributed by atoms with Crippen molar-refractivity contribution in [2.45, 2.75) is 38.3 Å². The van der Waals surface area contributed by atoms with E-state index in [9.17, 15) is 9.59 Å². The van der Waals surface area contributed by atoms with Gasteiger partial charge < -0.3 is 15.2 Å². The van der Waals surface area contributed by atoms with Crippen molar-refractivity contribution in [2.75, 3.05) is 0 Å². The highest BCUT2D eigenvalue weighted by Crippen LogP contribution is 2.46. The predicted octanol–water partition coefficient (Wildman–Crippen LogP) is 2.18. The van der Waals surface area contributed by atoms with Crippen LogP contribution in [0.5, 0.6) is 0 Å². The second-order valence-electron chi connectivity index (χ2n) is 6.33. The van der Waals surface area contributed by atoms with Crippen molar-refractivity contribution in [3.63, 3.8) is 0 Å². The number of amides is 1. The Balaban J connectivity index is 1.97. The number of hydrogen-bond donors (Lipinski definition) is 1. The maximum Gasteiger partial charge on any atom is 0.338 e. The summed E-state index contributed by atoms with van der Waals surface area (Å²) in [6, 6.07) is 8.47. The number of carbonyl (C=O) groups excluding carboxylic acids is 2. The third-order valence-corrected chi connectivity index (χ3v) is 4.77. The van der Waals surface area contributed by atoms with Crippen LogP contribution in [-0.4, -0.2) is 38.5 Å². The third kappa shape index (κ3) is 3.40. The molecule has 1 saturated heterocycles. The van der Waals surface area contributed by atoms with E-state index in [1.165, 1.54) is 11.0 Å². The molecule has 4 atom stereocenters. The minimum atomic E-state index is -1.25. The number of rotatable bonds is 6. The standard InChI is InChI=1S/C17H19N7O4/c1-3-17(22-23-19)10(2)12(27-16(26)11-7-5-4-6-8-11)15(28-17)24-9-20-14(21-24)13(18)25/h4-10,12,15H,3H2,1-2H3,(H2,18,25)/t10-,12+,15+,17+/m0/s1. The number of hydrogen-bond acceptors (Lipinski definition) is 7. The second kappa shape index (κ2) is 7.67. The lowest BCUT2D eigenvalue weighted by Crippen LogP contribution is -2.35. The fourth-order valence-electron chi connectivity index (χ4n) is 3.19. The Labute approximate surface area is 160 Å². The lowest BCUT2D eigenvalue weighted by Gasteiger charge is -2.26. The van der Waals surface area contributed by atoms with Gasteiger partial charge in [-0.15, -0.1) is 5.10 Å². The molecule has 146 valence electrons. The largest absolute Gasteiger partial charge is 0.453 e. The van der Waals surface area contributed by atoms with Gasteiger partial charge in [-0.25, -0.2) is 14.5 Å². The van der Waals surface area contributed by atoms with E-state index < -0.39 is 35.9 Å². The van der Waals surface area contributed by atoms with Gasteiger partial charge in [-0.3, -0.25) is 4.79 Å². The Morgan fingerprint density at radius 1 is 1.43 bits per heavy atom. The van der Waals surface area contributed by atoms with E-state index in [2.05, 4.69) is 20.1 Å². The fraction of sp³-hybridized carbons (Fsp3) is 0.412. The van der Waals surface area contributed by atoms with Gasteiger partial charge in [0.15, 0.2) is 18.1 Å². The molecule has 0 aliphatic carbocycles. The molecule has 1 aliphatic heterocycles. The molecule has 0 saturated carbocycles. The third-order valence-electron chi connectivity index (χ3n) is 4.77. The van der Waals surface area contributed by atoms with Crippen LogP contribution in [0.1, 0.15) is 47.5 Å². The summed E-state index contributed by atoms with van der Waals surface area (Å²) in [7, 11) is 0. The van der Waals surface area contributed by atoms with Crippen molar-refractivity contribution in [2.24, 2.45) is 16.8 Å². The van der Waals surface area contributed by atoms with E-state index in [-0.39, 0.29) is 5.82 Å². The zero-order chi connectivity index (χ0) is 20.3. The van der Waals surface area contributed by atoms with Crippen LogP contribution >= 0.6 is 0 Å². The van der Waals surface area contributed by atoms with Crippen molar-refractivity contribution >= 4 is 11.9 Å². The molecule has 1 aliphatic rings. The number of esters is 1. The smallest absolute Gasteiger partial charge is 0.338 e. The van der Waals surface area contributed by atoms with Gasteiger partial charge in [0.1, 0.15) is 6.33 Å². The average Bonchev–Trinajstić information content (AvgIpc) is 3.28. The Hall–Kier alpha value is -3.43. The van der Waals surface area contributed by atoms with Crippen LogP contribution in [0.15, 0.2) is 41.8 Å². The molecule has 0 unspecified atom stereocenters. The van der Waals surface area contributed by atoms with Crippen molar-refractivity contribution in [3.05, 3.63) is 58.5 Å². The fourth-order valence-corrected chi connectivity index (χ4v) is 3.19. The molecular formula is C17H19N7O4. The van der Waals surface area contributed by atoms with E-state index in [0.717, 1.165) is 0 Å². The van der Waals surface area contributed by atoms with Gasteiger partial charge in [-0.05, 0) is 24.1 Å². The summed E-state index contributed by atoms with van der Waals surface area (Å²) in [4.78, 5) is 30.6. The molecule has 3 rings (SSSR count). The first-order valence-corrected chi connectivity index (χ1v) is 8.63. The Kier molecular flexibility index (Phi) is 5.30. The number of aromatic nitrogens is 3. The highest BCUT2D eigenvalue weighted by molar-refractivity contribution is 5.89. The van der Waals surface area contributed by atoms with Gasteiger partial charge in [0, 0.05) is 10.8 Å². The Morgan fingerprint density at radius 2 is 2.14 bits per heavy atom. The van der Waals surface area contributed by atoms with E-state index in [1.807, 2.05) is 0 Å². The summed E-state index contributed by atoms with van der Waals surface area (Å²) in [6.45, 7) is 3.55. The molecule has 2 N–H and O–H groups in total. The topological polar surface area (TPSA) is 158 Å². The van der Waals surface area contributed by atoms with E-state index >= 15 is 0 Å². The average molecular weight is 385 g/mol. The molecule has 1 aromatic heterocycles. The SMILES string of the molecule is CC[C@@]1(N=[N+]=[N-])O[C@@H](n2cnc(C(N)=O)n2)[C@H](OC(=O)c2ccccc2)[C@@H]1C. The molecular weight excluding hydrogens is 366 g/mol. The van der Waals surface area contributed by atoms with E-state index in [4.69, 9.17) is 20.7 Å². The quantitative estimate of drug-likeness (QED) is 0.347. The number of azide groups is 1. The number of nitrogens with zero attached hydrogens (tertiary/aromatic N) is 6. The van der Waals surface area contributed by atoms with Crippen molar-refractivity contribution < 1.29 is 19.1 Å². The van der Waals surface area contributed by atoms with E-state index in [0.29, 0.717) is 12.0 Å². The minimum absolute atomic E-state index is 0.206. The molecule has 2 aromatic rings. The summed E-state index contributed by atoms with van der Waals surface area (Å²) in [6.07, 6.45) is -0.206. The second-order valence-corrected chi connectivity index (χ2v) is 6.33. The summed E-state index contributed by atoms with van der Waals surface area (Å²) < 4.78 is 12.9. The Morgan fingerprint density at radius 3 is 2.71 bits per heavy atom. The first-order valence-electron chi connectivity index (χ1n) is 8.63. The van der Waals surface area contributed by atoms with Gasteiger partial charge in [0.05, 0.1) is 5.56 Å². The van der Waals surface area contributed by atoms with Gasteiger partial charge in [0.2, 0.25) is 5.82 Å². The van der Waals surface area contributed by atoms with Crippen molar-refractivity contribution in [3.8, 4) is 0 Å². The first kappa shape index (κ1) is 19.3. The molecule has 2 heterocycles. The molecule has 0 bridgehead atoms. The monoisotopic (exact) mass is 385 g/mol. The zero-order valence-corrected chi connectivity index (χ0v) is 15.3. The minimum Gasteiger partial charge on any atom is -0.453 e. The number of primary amides is 1. The lowest BCUT2D eigenvalue weighted by atomic mass is 9.93. The molecule has 1 fully saturated rings. The highest BCUT2D eigenvalue weighted by atomic mass is 16.6. The molecule has 1 aromatic carbocycles. The van der Waals surface area contributed by atoms with E-state index in [1.54, 1.807) is 44.2 Å². The number of benzene rings is 1. The van der Waals surface area contributed by atoms with Gasteiger partial charge in [0.25, 0.3) is 5.91 Å². The summed E-state index contributed by atoms with van der Waals surface area (Å²) in [5.41, 5.74) is 13.3. The number of nitrogens with two attached hydrogens (primary N) is 1. The molecule has 0 spiro atoms.